The van der Waals surface area contributed by atoms with Crippen LogP contribution in [0.3, 0.4) is 0 Å². The molecule has 35 heavy (non-hydrogen) atoms. The number of nitrogens with zero attached hydrogens (tertiary/aromatic N) is 3. The van der Waals surface area contributed by atoms with Gasteiger partial charge in [0.05, 0.1) is 25.1 Å². The van der Waals surface area contributed by atoms with Crippen LogP contribution in [0.25, 0.3) is 5.76 Å². The van der Waals surface area contributed by atoms with Crippen LogP contribution < -0.4 is 9.47 Å². The number of aliphatic hydroxyl groups is 1. The smallest absolute Gasteiger partial charge is 0.295 e. The molecule has 1 aromatic heterocycles. The van der Waals surface area contributed by atoms with E-state index in [9.17, 15) is 14.7 Å². The lowest BCUT2D eigenvalue weighted by Gasteiger charge is -2.25. The van der Waals surface area contributed by atoms with E-state index in [4.69, 9.17) is 9.47 Å². The molecule has 3 aromatic rings. The van der Waals surface area contributed by atoms with Crippen LogP contribution in [0.4, 0.5) is 0 Å². The van der Waals surface area contributed by atoms with Gasteiger partial charge in [-0.1, -0.05) is 12.1 Å². The number of Topliss-reactive ketones (excluding diaryl/α,β-unsaturated/α-hetero) is 1. The maximum Gasteiger partial charge on any atom is 0.295 e. The zero-order chi connectivity index (χ0) is 24.5. The first kappa shape index (κ1) is 22.7. The fourth-order valence-corrected chi connectivity index (χ4v) is 4.84. The summed E-state index contributed by atoms with van der Waals surface area (Å²) in [6, 6.07) is 11.9. The number of benzene rings is 2. The number of imidazole rings is 1. The Morgan fingerprint density at radius 1 is 1.20 bits per heavy atom. The first-order chi connectivity index (χ1) is 17.0. The number of carbonyl (C=O) groups is 2. The van der Waals surface area contributed by atoms with Crippen molar-refractivity contribution in [3.05, 3.63) is 83.4 Å². The molecule has 5 rings (SSSR count). The van der Waals surface area contributed by atoms with Crippen molar-refractivity contribution in [1.82, 2.24) is 14.5 Å². The fraction of sp³-hybridized carbons (Fsp3) is 0.296. The molecule has 2 aromatic carbocycles. The zero-order valence-electron chi connectivity index (χ0n) is 19.7. The fourth-order valence-electron chi connectivity index (χ4n) is 4.84. The van der Waals surface area contributed by atoms with Crippen LogP contribution in [0.1, 0.15) is 36.1 Å². The average molecular weight is 474 g/mol. The van der Waals surface area contributed by atoms with E-state index in [0.29, 0.717) is 36.4 Å². The Balaban J connectivity index is 1.54. The second-order valence-electron chi connectivity index (χ2n) is 8.88. The molecule has 8 heteroatoms. The Hall–Kier alpha value is -4.07. The number of ketones is 1. The third kappa shape index (κ3) is 4.27. The molecule has 0 bridgehead atoms. The Bertz CT molecular complexity index is 1300. The standard InChI is InChI=1S/C27H27N3O5/c1-17-13-20-14-19(7-8-22(20)35-17)25(31)23-24(18-5-3-6-21(15-18)34-2)30(27(33)26(23)32)11-4-10-29-12-9-28-16-29/h3,5-9,12,14-17,24,31H,4,10-11,13H2,1-2H3/b25-23+. The monoisotopic (exact) mass is 473 g/mol. The predicted molar refractivity (Wildman–Crippen MR) is 129 cm³/mol. The SMILES string of the molecule is COc1cccc(C2/C(=C(\O)c3ccc4c(c3)CC(C)O4)C(=O)C(=O)N2CCCn2ccnc2)c1. The van der Waals surface area contributed by atoms with Crippen LogP contribution in [0, 0.1) is 0 Å². The van der Waals surface area contributed by atoms with Crippen molar-refractivity contribution < 1.29 is 24.2 Å². The van der Waals surface area contributed by atoms with Crippen molar-refractivity contribution in [3.8, 4) is 11.5 Å². The topological polar surface area (TPSA) is 93.9 Å². The molecule has 1 amide bonds. The van der Waals surface area contributed by atoms with Gasteiger partial charge in [0.2, 0.25) is 0 Å². The van der Waals surface area contributed by atoms with E-state index in [2.05, 4.69) is 4.98 Å². The van der Waals surface area contributed by atoms with Crippen molar-refractivity contribution in [1.29, 1.82) is 0 Å². The first-order valence-electron chi connectivity index (χ1n) is 11.6. The van der Waals surface area contributed by atoms with E-state index in [1.807, 2.05) is 35.9 Å². The summed E-state index contributed by atoms with van der Waals surface area (Å²) in [5, 5.41) is 11.4. The van der Waals surface area contributed by atoms with Crippen molar-refractivity contribution in [2.75, 3.05) is 13.7 Å². The Kier molecular flexibility index (Phi) is 6.03. The van der Waals surface area contributed by atoms with Crippen LogP contribution in [0.5, 0.6) is 11.5 Å². The van der Waals surface area contributed by atoms with E-state index < -0.39 is 17.7 Å². The summed E-state index contributed by atoms with van der Waals surface area (Å²) in [6.45, 7) is 2.98. The number of hydrogen-bond acceptors (Lipinski definition) is 6. The number of aryl methyl sites for hydroxylation is 1. The molecule has 0 spiro atoms. The third-order valence-corrected chi connectivity index (χ3v) is 6.49. The molecular weight excluding hydrogens is 446 g/mol. The lowest BCUT2D eigenvalue weighted by molar-refractivity contribution is -0.139. The van der Waals surface area contributed by atoms with Crippen molar-refractivity contribution >= 4 is 17.4 Å². The highest BCUT2D eigenvalue weighted by molar-refractivity contribution is 6.46. The molecular formula is C27H27N3O5. The quantitative estimate of drug-likeness (QED) is 0.319. The summed E-state index contributed by atoms with van der Waals surface area (Å²) in [7, 11) is 1.56. The molecule has 0 aliphatic carbocycles. The first-order valence-corrected chi connectivity index (χ1v) is 11.6. The number of amides is 1. The molecule has 1 N–H and O–H groups in total. The van der Waals surface area contributed by atoms with E-state index in [1.54, 1.807) is 43.9 Å². The molecule has 0 saturated carbocycles. The minimum absolute atomic E-state index is 0.0558. The van der Waals surface area contributed by atoms with Crippen molar-refractivity contribution in [2.24, 2.45) is 0 Å². The molecule has 180 valence electrons. The predicted octanol–water partition coefficient (Wildman–Crippen LogP) is 3.73. The summed E-state index contributed by atoms with van der Waals surface area (Å²) < 4.78 is 13.1. The average Bonchev–Trinajstić information content (AvgIpc) is 3.57. The second-order valence-corrected chi connectivity index (χ2v) is 8.88. The number of methoxy groups -OCH3 is 1. The Morgan fingerprint density at radius 2 is 2.06 bits per heavy atom. The lowest BCUT2D eigenvalue weighted by Crippen LogP contribution is -2.31. The van der Waals surface area contributed by atoms with E-state index in [1.165, 1.54) is 4.90 Å². The van der Waals surface area contributed by atoms with Crippen LogP contribution in [0.15, 0.2) is 66.8 Å². The Morgan fingerprint density at radius 3 is 2.83 bits per heavy atom. The highest BCUT2D eigenvalue weighted by atomic mass is 16.5. The van der Waals surface area contributed by atoms with Gasteiger partial charge in [-0.3, -0.25) is 9.59 Å². The maximum atomic E-state index is 13.3. The molecule has 3 heterocycles. The number of carbonyl (C=O) groups excluding carboxylic acids is 2. The highest BCUT2D eigenvalue weighted by Crippen LogP contribution is 2.41. The van der Waals surface area contributed by atoms with Crippen LogP contribution in [-0.4, -0.2) is 51.0 Å². The van der Waals surface area contributed by atoms with Gasteiger partial charge in [0.15, 0.2) is 0 Å². The molecule has 8 nitrogen and oxygen atoms in total. The number of likely N-dealkylation sites (tertiary alicyclic amines) is 1. The van der Waals surface area contributed by atoms with Gasteiger partial charge in [0.1, 0.15) is 23.4 Å². The van der Waals surface area contributed by atoms with Gasteiger partial charge in [0.25, 0.3) is 11.7 Å². The van der Waals surface area contributed by atoms with Gasteiger partial charge in [-0.2, -0.15) is 0 Å². The molecule has 0 radical (unpaired) electrons. The summed E-state index contributed by atoms with van der Waals surface area (Å²) in [4.78, 5) is 32.0. The zero-order valence-corrected chi connectivity index (χ0v) is 19.7. The minimum Gasteiger partial charge on any atom is -0.507 e. The van der Waals surface area contributed by atoms with E-state index in [0.717, 1.165) is 17.7 Å². The van der Waals surface area contributed by atoms with Gasteiger partial charge < -0.3 is 24.0 Å². The highest BCUT2D eigenvalue weighted by Gasteiger charge is 2.46. The van der Waals surface area contributed by atoms with Gasteiger partial charge in [0, 0.05) is 37.5 Å². The number of aromatic nitrogens is 2. The van der Waals surface area contributed by atoms with Crippen LogP contribution in [0.2, 0.25) is 0 Å². The number of hydrogen-bond donors (Lipinski definition) is 1. The molecule has 2 aliphatic rings. The molecule has 2 unspecified atom stereocenters. The number of ether oxygens (including phenoxy) is 2. The minimum atomic E-state index is -0.726. The molecule has 2 atom stereocenters. The van der Waals surface area contributed by atoms with Crippen LogP contribution in [-0.2, 0) is 22.6 Å². The van der Waals surface area contributed by atoms with Gasteiger partial charge in [-0.15, -0.1) is 0 Å². The Labute approximate surface area is 203 Å². The van der Waals surface area contributed by atoms with Gasteiger partial charge >= 0.3 is 0 Å². The molecule has 1 saturated heterocycles. The maximum absolute atomic E-state index is 13.3. The van der Waals surface area contributed by atoms with Gasteiger partial charge in [-0.25, -0.2) is 4.98 Å². The summed E-state index contributed by atoms with van der Waals surface area (Å²) in [5.41, 5.74) is 2.24. The largest absolute Gasteiger partial charge is 0.507 e. The number of aliphatic hydroxyl groups excluding tert-OH is 1. The normalized spacial score (nSPS) is 20.7. The summed E-state index contributed by atoms with van der Waals surface area (Å²) >= 11 is 0. The van der Waals surface area contributed by atoms with E-state index in [-0.39, 0.29) is 17.4 Å². The summed E-state index contributed by atoms with van der Waals surface area (Å²) in [6.07, 6.45) is 6.67. The summed E-state index contributed by atoms with van der Waals surface area (Å²) in [5.74, 6) is -0.115. The molecule has 1 fully saturated rings. The lowest BCUT2D eigenvalue weighted by atomic mass is 9.94. The molecule has 2 aliphatic heterocycles. The third-order valence-electron chi connectivity index (χ3n) is 6.49. The second kappa shape index (κ2) is 9.29. The number of rotatable bonds is 7. The van der Waals surface area contributed by atoms with Crippen LogP contribution >= 0.6 is 0 Å². The van der Waals surface area contributed by atoms with Crippen molar-refractivity contribution in [2.45, 2.75) is 38.5 Å². The number of fused-ring (bicyclic) bond motifs is 1. The van der Waals surface area contributed by atoms with E-state index >= 15 is 0 Å². The van der Waals surface area contributed by atoms with Crippen molar-refractivity contribution in [3.63, 3.8) is 0 Å². The van der Waals surface area contributed by atoms with Gasteiger partial charge in [-0.05, 0) is 54.8 Å².